The standard InChI is InChI=1S/C5H9ClO/c6-2-4-1-5(4)3-7/h4-5,7H,1-3H2/t4-,5-/m0/s1. The van der Waals surface area contributed by atoms with Crippen molar-refractivity contribution in [2.75, 3.05) is 12.5 Å². The molecule has 0 spiro atoms. The van der Waals surface area contributed by atoms with Gasteiger partial charge in [-0.3, -0.25) is 0 Å². The van der Waals surface area contributed by atoms with Crippen molar-refractivity contribution >= 4 is 11.6 Å². The zero-order chi connectivity index (χ0) is 5.28. The number of hydrogen-bond acceptors (Lipinski definition) is 1. The largest absolute Gasteiger partial charge is 0.396 e. The first-order valence-corrected chi connectivity index (χ1v) is 3.08. The van der Waals surface area contributed by atoms with E-state index < -0.39 is 0 Å². The van der Waals surface area contributed by atoms with Crippen LogP contribution in [0, 0.1) is 11.8 Å². The first-order chi connectivity index (χ1) is 3.38. The van der Waals surface area contributed by atoms with Gasteiger partial charge >= 0.3 is 0 Å². The summed E-state index contributed by atoms with van der Waals surface area (Å²) in [6.07, 6.45) is 1.14. The quantitative estimate of drug-likeness (QED) is 0.536. The summed E-state index contributed by atoms with van der Waals surface area (Å²) < 4.78 is 0. The van der Waals surface area contributed by atoms with Crippen molar-refractivity contribution in [1.29, 1.82) is 0 Å². The van der Waals surface area contributed by atoms with E-state index in [-0.39, 0.29) is 0 Å². The minimum Gasteiger partial charge on any atom is -0.396 e. The number of alkyl halides is 1. The minimum absolute atomic E-state index is 0.331. The lowest BCUT2D eigenvalue weighted by atomic mass is 10.4. The Kier molecular flexibility index (Phi) is 1.55. The second-order valence-corrected chi connectivity index (χ2v) is 2.40. The van der Waals surface area contributed by atoms with Crippen LogP contribution in [0.25, 0.3) is 0 Å². The normalized spacial score (nSPS) is 38.6. The molecular weight excluding hydrogens is 112 g/mol. The zero-order valence-corrected chi connectivity index (χ0v) is 4.86. The molecule has 1 N–H and O–H groups in total. The Hall–Kier alpha value is 0.250. The average molecular weight is 121 g/mol. The maximum Gasteiger partial charge on any atom is 0.0462 e. The number of rotatable bonds is 2. The molecule has 1 rings (SSSR count). The minimum atomic E-state index is 0.331. The van der Waals surface area contributed by atoms with Crippen molar-refractivity contribution in [3.63, 3.8) is 0 Å². The van der Waals surface area contributed by atoms with Crippen LogP contribution in [0.15, 0.2) is 0 Å². The van der Waals surface area contributed by atoms with Gasteiger partial charge in [-0.1, -0.05) is 0 Å². The predicted octanol–water partition coefficient (Wildman–Crippen LogP) is 0.854. The van der Waals surface area contributed by atoms with Gasteiger partial charge in [0.05, 0.1) is 0 Å². The second-order valence-electron chi connectivity index (χ2n) is 2.09. The third-order valence-corrected chi connectivity index (χ3v) is 1.90. The van der Waals surface area contributed by atoms with Crippen molar-refractivity contribution in [2.45, 2.75) is 6.42 Å². The number of halogens is 1. The van der Waals surface area contributed by atoms with Crippen LogP contribution in [0.4, 0.5) is 0 Å². The molecule has 0 aromatic rings. The van der Waals surface area contributed by atoms with E-state index in [1.807, 2.05) is 0 Å². The monoisotopic (exact) mass is 120 g/mol. The average Bonchev–Trinajstić information content (AvgIpc) is 2.43. The summed E-state index contributed by atoms with van der Waals surface area (Å²) in [5.74, 6) is 1.90. The highest BCUT2D eigenvalue weighted by atomic mass is 35.5. The zero-order valence-electron chi connectivity index (χ0n) is 4.10. The molecule has 1 aliphatic carbocycles. The van der Waals surface area contributed by atoms with Crippen LogP contribution in [0.1, 0.15) is 6.42 Å². The van der Waals surface area contributed by atoms with E-state index in [0.717, 1.165) is 12.3 Å². The van der Waals surface area contributed by atoms with Gasteiger partial charge in [-0.2, -0.15) is 0 Å². The maximum absolute atomic E-state index is 8.45. The van der Waals surface area contributed by atoms with E-state index in [9.17, 15) is 0 Å². The van der Waals surface area contributed by atoms with Gasteiger partial charge in [-0.25, -0.2) is 0 Å². The fraction of sp³-hybridized carbons (Fsp3) is 1.00. The molecule has 0 amide bonds. The van der Waals surface area contributed by atoms with Crippen molar-refractivity contribution in [3.05, 3.63) is 0 Å². The molecule has 2 atom stereocenters. The van der Waals surface area contributed by atoms with Crippen LogP contribution < -0.4 is 0 Å². The summed E-state index contributed by atoms with van der Waals surface area (Å²) in [6, 6.07) is 0. The topological polar surface area (TPSA) is 20.2 Å². The molecule has 0 unspecified atom stereocenters. The van der Waals surface area contributed by atoms with Gasteiger partial charge in [0.15, 0.2) is 0 Å². The summed E-state index contributed by atoms with van der Waals surface area (Å²) in [7, 11) is 0. The molecule has 0 bridgehead atoms. The molecule has 42 valence electrons. The van der Waals surface area contributed by atoms with Crippen LogP contribution in [0.3, 0.4) is 0 Å². The van der Waals surface area contributed by atoms with Gasteiger partial charge in [-0.05, 0) is 18.3 Å². The highest BCUT2D eigenvalue weighted by molar-refractivity contribution is 6.18. The fourth-order valence-corrected chi connectivity index (χ4v) is 1.10. The summed E-state index contributed by atoms with van der Waals surface area (Å²) in [5, 5.41) is 8.45. The van der Waals surface area contributed by atoms with Crippen LogP contribution >= 0.6 is 11.6 Å². The van der Waals surface area contributed by atoms with Crippen molar-refractivity contribution in [1.82, 2.24) is 0 Å². The molecule has 0 radical (unpaired) electrons. The highest BCUT2D eigenvalue weighted by Crippen LogP contribution is 2.38. The van der Waals surface area contributed by atoms with E-state index >= 15 is 0 Å². The van der Waals surface area contributed by atoms with E-state index in [4.69, 9.17) is 16.7 Å². The first kappa shape index (κ1) is 5.39. The summed E-state index contributed by atoms with van der Waals surface area (Å²) in [4.78, 5) is 0. The Morgan fingerprint density at radius 2 is 2.29 bits per heavy atom. The molecule has 0 aromatic carbocycles. The molecule has 0 aromatic heterocycles. The third kappa shape index (κ3) is 1.07. The Morgan fingerprint density at radius 3 is 2.43 bits per heavy atom. The SMILES string of the molecule is OC[C@@H]1C[C@H]1CCl. The molecule has 1 nitrogen and oxygen atoms in total. The molecule has 2 heteroatoms. The summed E-state index contributed by atoms with van der Waals surface area (Å²) >= 11 is 5.46. The number of aliphatic hydroxyl groups excluding tert-OH is 1. The molecule has 0 saturated heterocycles. The number of hydrogen-bond donors (Lipinski definition) is 1. The van der Waals surface area contributed by atoms with Crippen molar-refractivity contribution < 1.29 is 5.11 Å². The lowest BCUT2D eigenvalue weighted by Crippen LogP contribution is -1.88. The fourth-order valence-electron chi connectivity index (χ4n) is 0.723. The maximum atomic E-state index is 8.45. The van der Waals surface area contributed by atoms with Gasteiger partial charge in [0.25, 0.3) is 0 Å². The van der Waals surface area contributed by atoms with Crippen LogP contribution in [0.5, 0.6) is 0 Å². The molecule has 1 saturated carbocycles. The van der Waals surface area contributed by atoms with Crippen molar-refractivity contribution in [2.24, 2.45) is 11.8 Å². The second kappa shape index (κ2) is 2.01. The van der Waals surface area contributed by atoms with Crippen LogP contribution in [0.2, 0.25) is 0 Å². The van der Waals surface area contributed by atoms with Gasteiger partial charge in [0, 0.05) is 12.5 Å². The lowest BCUT2D eigenvalue weighted by molar-refractivity contribution is 0.270. The molecule has 0 aliphatic heterocycles. The molecule has 1 fully saturated rings. The number of aliphatic hydroxyl groups is 1. The van der Waals surface area contributed by atoms with Crippen molar-refractivity contribution in [3.8, 4) is 0 Å². The summed E-state index contributed by atoms with van der Waals surface area (Å²) in [6.45, 7) is 0.331. The Balaban J connectivity index is 2.06. The highest BCUT2D eigenvalue weighted by Gasteiger charge is 2.34. The van der Waals surface area contributed by atoms with Gasteiger partial charge in [0.2, 0.25) is 0 Å². The first-order valence-electron chi connectivity index (χ1n) is 2.55. The molecule has 1 aliphatic rings. The van der Waals surface area contributed by atoms with Gasteiger partial charge < -0.3 is 5.11 Å². The van der Waals surface area contributed by atoms with E-state index in [2.05, 4.69) is 0 Å². The Bertz CT molecular complexity index is 57.1. The summed E-state index contributed by atoms with van der Waals surface area (Å²) in [5.41, 5.74) is 0. The van der Waals surface area contributed by atoms with Gasteiger partial charge in [0.1, 0.15) is 0 Å². The van der Waals surface area contributed by atoms with E-state index in [1.54, 1.807) is 0 Å². The Labute approximate surface area is 48.3 Å². The predicted molar refractivity (Wildman–Crippen MR) is 29.4 cm³/mol. The van der Waals surface area contributed by atoms with Crippen LogP contribution in [-0.2, 0) is 0 Å². The van der Waals surface area contributed by atoms with Crippen LogP contribution in [-0.4, -0.2) is 17.6 Å². The molecule has 0 heterocycles. The van der Waals surface area contributed by atoms with E-state index in [1.165, 1.54) is 0 Å². The third-order valence-electron chi connectivity index (χ3n) is 1.50. The Morgan fingerprint density at radius 1 is 1.57 bits per heavy atom. The molecular formula is C5H9ClO. The van der Waals surface area contributed by atoms with Gasteiger partial charge in [-0.15, -0.1) is 11.6 Å². The smallest absolute Gasteiger partial charge is 0.0462 e. The van der Waals surface area contributed by atoms with E-state index in [0.29, 0.717) is 18.4 Å². The molecule has 7 heavy (non-hydrogen) atoms. The lowest BCUT2D eigenvalue weighted by Gasteiger charge is -1.83.